The van der Waals surface area contributed by atoms with Crippen LogP contribution in [0.4, 0.5) is 10.3 Å². The molecule has 2 rings (SSSR count). The average Bonchev–Trinajstić information content (AvgIpc) is 2.62. The summed E-state index contributed by atoms with van der Waals surface area (Å²) in [5.41, 5.74) is 7.02. The summed E-state index contributed by atoms with van der Waals surface area (Å²) in [7, 11) is 1.57. The number of fused-ring (bicyclic) bond motifs is 1. The standard InChI is InChI=1S/C11H12FIN4O/c1-15-10(18)2-3-17-9-4-6(12)7(13)5-8(9)16-11(17)14/h4-5H,2-3H2,1H3,(H2,14,16)(H,15,18). The van der Waals surface area contributed by atoms with Gasteiger partial charge in [-0.3, -0.25) is 4.79 Å². The number of nitrogens with one attached hydrogen (secondary N) is 1. The van der Waals surface area contributed by atoms with Gasteiger partial charge >= 0.3 is 0 Å². The Morgan fingerprint density at radius 2 is 2.33 bits per heavy atom. The second-order valence-electron chi connectivity index (χ2n) is 3.80. The van der Waals surface area contributed by atoms with Crippen LogP contribution in [0.2, 0.25) is 0 Å². The summed E-state index contributed by atoms with van der Waals surface area (Å²) in [4.78, 5) is 15.4. The van der Waals surface area contributed by atoms with Gasteiger partial charge in [-0.15, -0.1) is 0 Å². The number of benzene rings is 1. The highest BCUT2D eigenvalue weighted by molar-refractivity contribution is 14.1. The van der Waals surface area contributed by atoms with E-state index >= 15 is 0 Å². The zero-order valence-corrected chi connectivity index (χ0v) is 11.9. The van der Waals surface area contributed by atoms with Crippen molar-refractivity contribution in [2.24, 2.45) is 0 Å². The molecule has 5 nitrogen and oxygen atoms in total. The topological polar surface area (TPSA) is 72.9 Å². The van der Waals surface area contributed by atoms with E-state index in [-0.39, 0.29) is 24.1 Å². The number of hydrogen-bond acceptors (Lipinski definition) is 3. The van der Waals surface area contributed by atoms with Gasteiger partial charge in [-0.1, -0.05) is 0 Å². The number of hydrogen-bond donors (Lipinski definition) is 2. The number of amides is 1. The molecule has 0 saturated heterocycles. The van der Waals surface area contributed by atoms with Gasteiger partial charge in [-0.05, 0) is 28.7 Å². The van der Waals surface area contributed by atoms with E-state index in [1.54, 1.807) is 17.7 Å². The summed E-state index contributed by atoms with van der Waals surface area (Å²) >= 11 is 1.90. The lowest BCUT2D eigenvalue weighted by Gasteiger charge is -2.05. The largest absolute Gasteiger partial charge is 0.369 e. The van der Waals surface area contributed by atoms with Crippen LogP contribution in [0.5, 0.6) is 0 Å². The highest BCUT2D eigenvalue weighted by Crippen LogP contribution is 2.23. The molecule has 0 bridgehead atoms. The molecule has 1 amide bonds. The van der Waals surface area contributed by atoms with E-state index in [9.17, 15) is 9.18 Å². The second-order valence-corrected chi connectivity index (χ2v) is 4.96. The maximum atomic E-state index is 13.5. The fourth-order valence-electron chi connectivity index (χ4n) is 1.71. The summed E-state index contributed by atoms with van der Waals surface area (Å²) in [5.74, 6) is -0.123. The van der Waals surface area contributed by atoms with Crippen molar-refractivity contribution in [1.29, 1.82) is 0 Å². The van der Waals surface area contributed by atoms with Crippen molar-refractivity contribution in [1.82, 2.24) is 14.9 Å². The van der Waals surface area contributed by atoms with E-state index in [0.717, 1.165) is 0 Å². The molecule has 0 fully saturated rings. The van der Waals surface area contributed by atoms with Crippen molar-refractivity contribution in [2.45, 2.75) is 13.0 Å². The van der Waals surface area contributed by atoms with Gasteiger partial charge in [0, 0.05) is 26.1 Å². The van der Waals surface area contributed by atoms with Gasteiger partial charge in [-0.25, -0.2) is 9.37 Å². The van der Waals surface area contributed by atoms with Crippen LogP contribution >= 0.6 is 22.6 Å². The third-order valence-electron chi connectivity index (χ3n) is 2.66. The predicted octanol–water partition coefficient (Wildman–Crippen LogP) is 1.50. The molecule has 0 saturated carbocycles. The van der Waals surface area contributed by atoms with Crippen LogP contribution < -0.4 is 11.1 Å². The minimum Gasteiger partial charge on any atom is -0.369 e. The third-order valence-corrected chi connectivity index (χ3v) is 3.49. The van der Waals surface area contributed by atoms with Crippen LogP contribution in [0.25, 0.3) is 11.0 Å². The Bertz CT molecular complexity index is 611. The molecule has 96 valence electrons. The lowest BCUT2D eigenvalue weighted by Crippen LogP contribution is -2.19. The van der Waals surface area contributed by atoms with Crippen molar-refractivity contribution >= 4 is 45.5 Å². The zero-order valence-electron chi connectivity index (χ0n) is 9.70. The Morgan fingerprint density at radius 3 is 3.00 bits per heavy atom. The van der Waals surface area contributed by atoms with Crippen LogP contribution in [0.15, 0.2) is 12.1 Å². The first-order chi connectivity index (χ1) is 8.52. The molecule has 0 atom stereocenters. The number of nitrogen functional groups attached to an aromatic ring is 1. The van der Waals surface area contributed by atoms with Gasteiger partial charge in [0.2, 0.25) is 11.9 Å². The number of carbonyl (C=O) groups is 1. The molecule has 0 aliphatic heterocycles. The molecule has 1 aromatic carbocycles. The first kappa shape index (κ1) is 13.1. The van der Waals surface area contributed by atoms with Crippen molar-refractivity contribution in [3.63, 3.8) is 0 Å². The Labute approximate surface area is 117 Å². The zero-order chi connectivity index (χ0) is 13.3. The van der Waals surface area contributed by atoms with E-state index in [1.165, 1.54) is 6.07 Å². The van der Waals surface area contributed by atoms with Crippen molar-refractivity contribution < 1.29 is 9.18 Å². The molecular weight excluding hydrogens is 350 g/mol. The van der Waals surface area contributed by atoms with Gasteiger partial charge in [0.25, 0.3) is 0 Å². The second kappa shape index (κ2) is 5.09. The number of aryl methyl sites for hydroxylation is 1. The van der Waals surface area contributed by atoms with Crippen molar-refractivity contribution in [3.8, 4) is 0 Å². The lowest BCUT2D eigenvalue weighted by atomic mass is 10.3. The molecule has 0 spiro atoms. The van der Waals surface area contributed by atoms with E-state index in [2.05, 4.69) is 10.3 Å². The smallest absolute Gasteiger partial charge is 0.221 e. The van der Waals surface area contributed by atoms with E-state index in [4.69, 9.17) is 5.73 Å². The average molecular weight is 362 g/mol. The highest BCUT2D eigenvalue weighted by atomic mass is 127. The monoisotopic (exact) mass is 362 g/mol. The highest BCUT2D eigenvalue weighted by Gasteiger charge is 2.12. The van der Waals surface area contributed by atoms with E-state index in [1.807, 2.05) is 22.6 Å². The van der Waals surface area contributed by atoms with Gasteiger partial charge in [0.1, 0.15) is 5.82 Å². The fourth-order valence-corrected chi connectivity index (χ4v) is 2.16. The van der Waals surface area contributed by atoms with Gasteiger partial charge in [-0.2, -0.15) is 0 Å². The van der Waals surface area contributed by atoms with Crippen molar-refractivity contribution in [3.05, 3.63) is 21.5 Å². The number of nitrogens with two attached hydrogens (primary N) is 1. The molecule has 2 aromatic rings. The molecule has 0 aliphatic rings. The lowest BCUT2D eigenvalue weighted by molar-refractivity contribution is -0.120. The number of imidazole rings is 1. The Kier molecular flexibility index (Phi) is 3.69. The summed E-state index contributed by atoms with van der Waals surface area (Å²) in [5, 5.41) is 2.53. The number of nitrogens with zero attached hydrogens (tertiary/aromatic N) is 2. The van der Waals surface area contributed by atoms with Crippen LogP contribution in [-0.2, 0) is 11.3 Å². The summed E-state index contributed by atoms with van der Waals surface area (Å²) in [6.07, 6.45) is 0.278. The van der Waals surface area contributed by atoms with Crippen LogP contribution in [-0.4, -0.2) is 22.5 Å². The maximum Gasteiger partial charge on any atom is 0.221 e. The van der Waals surface area contributed by atoms with Crippen LogP contribution in [0.3, 0.4) is 0 Å². The number of anilines is 1. The molecule has 0 unspecified atom stereocenters. The Balaban J connectivity index is 2.40. The summed E-state index contributed by atoms with van der Waals surface area (Å²) < 4.78 is 15.7. The Hall–Kier alpha value is -1.38. The fraction of sp³-hybridized carbons (Fsp3) is 0.273. The molecule has 1 heterocycles. The number of carbonyl (C=O) groups excluding carboxylic acids is 1. The molecule has 0 aliphatic carbocycles. The molecule has 3 N–H and O–H groups in total. The minimum absolute atomic E-state index is 0.0952. The summed E-state index contributed by atoms with van der Waals surface area (Å²) in [6.45, 7) is 0.377. The van der Waals surface area contributed by atoms with Crippen LogP contribution in [0.1, 0.15) is 6.42 Å². The molecule has 7 heteroatoms. The quantitative estimate of drug-likeness (QED) is 0.813. The molecule has 0 radical (unpaired) electrons. The number of halogens is 2. The van der Waals surface area contributed by atoms with Gasteiger partial charge in [0.15, 0.2) is 0 Å². The van der Waals surface area contributed by atoms with Crippen molar-refractivity contribution in [2.75, 3.05) is 12.8 Å². The van der Waals surface area contributed by atoms with E-state index < -0.39 is 0 Å². The first-order valence-electron chi connectivity index (χ1n) is 5.34. The normalized spacial score (nSPS) is 10.8. The SMILES string of the molecule is CNC(=O)CCn1c(N)nc2cc(I)c(F)cc21. The van der Waals surface area contributed by atoms with Crippen LogP contribution in [0, 0.1) is 9.39 Å². The van der Waals surface area contributed by atoms with Gasteiger partial charge < -0.3 is 15.6 Å². The number of aromatic nitrogens is 2. The minimum atomic E-state index is -0.316. The molecule has 18 heavy (non-hydrogen) atoms. The predicted molar refractivity (Wildman–Crippen MR) is 75.5 cm³/mol. The van der Waals surface area contributed by atoms with Gasteiger partial charge in [0.05, 0.1) is 14.6 Å². The molecule has 1 aromatic heterocycles. The summed E-state index contributed by atoms with van der Waals surface area (Å²) in [6, 6.07) is 3.03. The number of rotatable bonds is 3. The third kappa shape index (κ3) is 2.40. The maximum absolute atomic E-state index is 13.5. The molecular formula is C11H12FIN4O. The van der Waals surface area contributed by atoms with E-state index in [0.29, 0.717) is 21.1 Å². The Morgan fingerprint density at radius 1 is 1.61 bits per heavy atom. The first-order valence-corrected chi connectivity index (χ1v) is 6.42.